The van der Waals surface area contributed by atoms with Crippen LogP contribution in [-0.4, -0.2) is 29.7 Å². The highest BCUT2D eigenvalue weighted by Gasteiger charge is 2.21. The Morgan fingerprint density at radius 1 is 1.30 bits per heavy atom. The molecule has 0 aromatic carbocycles. The van der Waals surface area contributed by atoms with Crippen LogP contribution in [0.2, 0.25) is 0 Å². The third-order valence-corrected chi connectivity index (χ3v) is 4.92. The van der Waals surface area contributed by atoms with Gasteiger partial charge in [-0.3, -0.25) is 9.97 Å². The summed E-state index contributed by atoms with van der Waals surface area (Å²) < 4.78 is 26.7. The lowest BCUT2D eigenvalue weighted by molar-refractivity contribution is 0.461. The average Bonchev–Trinajstić information content (AvgIpc) is 2.38. The molecule has 0 saturated carbocycles. The van der Waals surface area contributed by atoms with Crippen LogP contribution in [0.5, 0.6) is 0 Å². The Bertz CT molecular complexity index is 719. The molecule has 7 heteroatoms. The Kier molecular flexibility index (Phi) is 4.52. The van der Waals surface area contributed by atoms with Crippen molar-refractivity contribution in [2.45, 2.75) is 18.4 Å². The van der Waals surface area contributed by atoms with Crippen molar-refractivity contribution in [2.75, 3.05) is 7.05 Å². The minimum Gasteiger partial charge on any atom is -0.262 e. The summed E-state index contributed by atoms with van der Waals surface area (Å²) in [6.07, 6.45) is 2.88. The lowest BCUT2D eigenvalue weighted by atomic mass is 10.3. The topological polar surface area (TPSA) is 63.2 Å². The molecule has 20 heavy (non-hydrogen) atoms. The fourth-order valence-corrected chi connectivity index (χ4v) is 3.36. The van der Waals surface area contributed by atoms with Crippen LogP contribution in [0.15, 0.2) is 46.0 Å². The van der Waals surface area contributed by atoms with E-state index in [4.69, 9.17) is 0 Å². The number of rotatable bonds is 4. The van der Waals surface area contributed by atoms with Gasteiger partial charge in [0, 0.05) is 29.6 Å². The van der Waals surface area contributed by atoms with Gasteiger partial charge >= 0.3 is 0 Å². The van der Waals surface area contributed by atoms with Crippen molar-refractivity contribution in [1.82, 2.24) is 14.3 Å². The first-order valence-electron chi connectivity index (χ1n) is 5.89. The Morgan fingerprint density at radius 3 is 2.70 bits per heavy atom. The zero-order valence-electron chi connectivity index (χ0n) is 11.1. The lowest BCUT2D eigenvalue weighted by Crippen LogP contribution is -2.27. The van der Waals surface area contributed by atoms with E-state index in [1.807, 2.05) is 19.1 Å². The molecule has 0 radical (unpaired) electrons. The molecule has 0 amide bonds. The number of hydrogen-bond donors (Lipinski definition) is 0. The van der Waals surface area contributed by atoms with E-state index < -0.39 is 10.0 Å². The van der Waals surface area contributed by atoms with E-state index in [0.29, 0.717) is 10.2 Å². The van der Waals surface area contributed by atoms with Crippen LogP contribution in [0.25, 0.3) is 0 Å². The molecule has 0 saturated heterocycles. The monoisotopic (exact) mass is 355 g/mol. The smallest absolute Gasteiger partial charge is 0.244 e. The van der Waals surface area contributed by atoms with Gasteiger partial charge in [0.2, 0.25) is 10.0 Å². The van der Waals surface area contributed by atoms with Gasteiger partial charge in [0.25, 0.3) is 0 Å². The van der Waals surface area contributed by atoms with Crippen molar-refractivity contribution in [3.63, 3.8) is 0 Å². The summed E-state index contributed by atoms with van der Waals surface area (Å²) >= 11 is 3.22. The molecule has 2 aromatic rings. The van der Waals surface area contributed by atoms with Crippen LogP contribution >= 0.6 is 15.9 Å². The van der Waals surface area contributed by atoms with Gasteiger partial charge in [-0.25, -0.2) is 8.42 Å². The molecular formula is C13H14BrN3O2S. The van der Waals surface area contributed by atoms with E-state index >= 15 is 0 Å². The zero-order chi connectivity index (χ0) is 14.8. The van der Waals surface area contributed by atoms with Crippen molar-refractivity contribution >= 4 is 26.0 Å². The third-order valence-electron chi connectivity index (χ3n) is 2.72. The largest absolute Gasteiger partial charge is 0.262 e. The summed E-state index contributed by atoms with van der Waals surface area (Å²) in [6.45, 7) is 2.09. The first-order valence-corrected chi connectivity index (χ1v) is 8.12. The van der Waals surface area contributed by atoms with E-state index in [0.717, 1.165) is 5.69 Å². The van der Waals surface area contributed by atoms with Gasteiger partial charge < -0.3 is 0 Å². The van der Waals surface area contributed by atoms with Crippen molar-refractivity contribution in [3.05, 3.63) is 52.5 Å². The summed E-state index contributed by atoms with van der Waals surface area (Å²) in [5, 5.41) is 0. The molecule has 0 bridgehead atoms. The average molecular weight is 356 g/mol. The lowest BCUT2D eigenvalue weighted by Gasteiger charge is -2.16. The molecule has 5 nitrogen and oxygen atoms in total. The number of nitrogens with zero attached hydrogens (tertiary/aromatic N) is 3. The number of aryl methyl sites for hydroxylation is 1. The van der Waals surface area contributed by atoms with Gasteiger partial charge in [-0.05, 0) is 41.1 Å². The second-order valence-electron chi connectivity index (χ2n) is 4.37. The first kappa shape index (κ1) is 15.1. The van der Waals surface area contributed by atoms with Crippen molar-refractivity contribution in [3.8, 4) is 0 Å². The zero-order valence-corrected chi connectivity index (χ0v) is 13.5. The second kappa shape index (κ2) is 5.99. The highest BCUT2D eigenvalue weighted by atomic mass is 79.9. The molecule has 0 atom stereocenters. The summed E-state index contributed by atoms with van der Waals surface area (Å²) in [7, 11) is -2.04. The number of halogens is 1. The van der Waals surface area contributed by atoms with Crippen molar-refractivity contribution < 1.29 is 8.42 Å². The molecule has 0 aliphatic carbocycles. The molecule has 0 fully saturated rings. The first-order chi connectivity index (χ1) is 9.39. The van der Waals surface area contributed by atoms with Crippen LogP contribution in [0, 0.1) is 6.92 Å². The second-order valence-corrected chi connectivity index (χ2v) is 7.33. The fraction of sp³-hybridized carbons (Fsp3) is 0.231. The molecule has 106 valence electrons. The SMILES string of the molecule is Cc1cccc(CN(C)S(=O)(=O)c2cncc(Br)c2)n1. The molecule has 0 N–H and O–H groups in total. The molecule has 0 spiro atoms. The fourth-order valence-electron chi connectivity index (χ4n) is 1.71. The maximum atomic E-state index is 12.4. The molecule has 0 aliphatic heterocycles. The number of pyridine rings is 2. The summed E-state index contributed by atoms with van der Waals surface area (Å²) in [5.74, 6) is 0. The number of sulfonamides is 1. The molecular weight excluding hydrogens is 342 g/mol. The predicted molar refractivity (Wildman–Crippen MR) is 79.6 cm³/mol. The van der Waals surface area contributed by atoms with Gasteiger partial charge in [-0.15, -0.1) is 0 Å². The number of hydrogen-bond acceptors (Lipinski definition) is 4. The van der Waals surface area contributed by atoms with E-state index in [1.165, 1.54) is 23.6 Å². The summed E-state index contributed by atoms with van der Waals surface area (Å²) in [4.78, 5) is 8.35. The van der Waals surface area contributed by atoms with Crippen molar-refractivity contribution in [1.29, 1.82) is 0 Å². The Labute approximate surface area is 126 Å². The van der Waals surface area contributed by atoms with Gasteiger partial charge in [-0.2, -0.15) is 4.31 Å². The van der Waals surface area contributed by atoms with Gasteiger partial charge in [0.15, 0.2) is 0 Å². The van der Waals surface area contributed by atoms with E-state index in [2.05, 4.69) is 25.9 Å². The highest BCUT2D eigenvalue weighted by Crippen LogP contribution is 2.18. The minimum absolute atomic E-state index is 0.155. The maximum absolute atomic E-state index is 12.4. The van der Waals surface area contributed by atoms with Gasteiger partial charge in [0.05, 0.1) is 12.2 Å². The molecule has 2 aromatic heterocycles. The van der Waals surface area contributed by atoms with Crippen LogP contribution < -0.4 is 0 Å². The van der Waals surface area contributed by atoms with E-state index in [-0.39, 0.29) is 11.4 Å². The predicted octanol–water partition coefficient (Wildman–Crippen LogP) is 2.37. The quantitative estimate of drug-likeness (QED) is 0.844. The van der Waals surface area contributed by atoms with Crippen LogP contribution in [-0.2, 0) is 16.6 Å². The molecule has 0 unspecified atom stereocenters. The number of aromatic nitrogens is 2. The highest BCUT2D eigenvalue weighted by molar-refractivity contribution is 9.10. The van der Waals surface area contributed by atoms with Gasteiger partial charge in [-0.1, -0.05) is 6.07 Å². The molecule has 2 rings (SSSR count). The van der Waals surface area contributed by atoms with Crippen LogP contribution in [0.1, 0.15) is 11.4 Å². The molecule has 0 aliphatic rings. The summed E-state index contributed by atoms with van der Waals surface area (Å²) in [5.41, 5.74) is 1.57. The van der Waals surface area contributed by atoms with E-state index in [9.17, 15) is 8.42 Å². The van der Waals surface area contributed by atoms with Gasteiger partial charge in [0.1, 0.15) is 4.90 Å². The van der Waals surface area contributed by atoms with E-state index in [1.54, 1.807) is 12.3 Å². The van der Waals surface area contributed by atoms with Crippen molar-refractivity contribution in [2.24, 2.45) is 0 Å². The Morgan fingerprint density at radius 2 is 2.05 bits per heavy atom. The normalized spacial score (nSPS) is 11.8. The van der Waals surface area contributed by atoms with Crippen LogP contribution in [0.3, 0.4) is 0 Å². The minimum atomic E-state index is -3.57. The standard InChI is InChI=1S/C13H14BrN3O2S/c1-10-4-3-5-12(16-10)9-17(2)20(18,19)13-6-11(14)7-15-8-13/h3-8H,9H2,1-2H3. The Balaban J connectivity index is 2.26. The maximum Gasteiger partial charge on any atom is 0.244 e. The Hall–Kier alpha value is -1.31. The third kappa shape index (κ3) is 3.41. The van der Waals surface area contributed by atoms with Crippen LogP contribution in [0.4, 0.5) is 0 Å². The molecule has 2 heterocycles. The summed E-state index contributed by atoms with van der Waals surface area (Å²) in [6, 6.07) is 7.07.